The van der Waals surface area contributed by atoms with Crippen LogP contribution in [0.2, 0.25) is 0 Å². The van der Waals surface area contributed by atoms with Crippen molar-refractivity contribution in [1.82, 2.24) is 10.2 Å². The smallest absolute Gasteiger partial charge is 0.238 e. The molecule has 0 spiro atoms. The van der Waals surface area contributed by atoms with Crippen LogP contribution in [0, 0.1) is 5.92 Å². The van der Waals surface area contributed by atoms with E-state index in [2.05, 4.69) is 24.3 Å². The molecule has 0 bridgehead atoms. The van der Waals surface area contributed by atoms with Gasteiger partial charge in [-0.15, -0.1) is 0 Å². The third-order valence-electron chi connectivity index (χ3n) is 4.44. The van der Waals surface area contributed by atoms with Crippen LogP contribution < -0.4 is 10.6 Å². The lowest BCUT2D eigenvalue weighted by Crippen LogP contribution is -2.39. The van der Waals surface area contributed by atoms with Gasteiger partial charge in [0.1, 0.15) is 11.4 Å². The van der Waals surface area contributed by atoms with Gasteiger partial charge in [0.25, 0.3) is 0 Å². The molecule has 1 fully saturated rings. The Bertz CT molecular complexity index is 633. The molecule has 0 aromatic heterocycles. The minimum absolute atomic E-state index is 0.0270. The van der Waals surface area contributed by atoms with E-state index >= 15 is 0 Å². The fraction of sp³-hybridized carbons (Fsp3) is 0.562. The molecular weight excluding hydrogens is 310 g/mol. The summed E-state index contributed by atoms with van der Waals surface area (Å²) >= 11 is 1.17. The van der Waals surface area contributed by atoms with Gasteiger partial charge >= 0.3 is 0 Å². The number of carbonyl (C=O) groups is 1. The Hall–Kier alpha value is -1.57. The van der Waals surface area contributed by atoms with Crippen LogP contribution in [-0.2, 0) is 16.1 Å². The van der Waals surface area contributed by atoms with Gasteiger partial charge in [-0.05, 0) is 64.0 Å². The predicted molar refractivity (Wildman–Crippen MR) is 94.3 cm³/mol. The highest BCUT2D eigenvalue weighted by Crippen LogP contribution is 2.38. The standard InChI is InChI=1S/C16H23N5OS/c1-17-8-5-12-6-9-21(10-7-12)11-15(22)18-13-3-2-4-14-16(13)20-23-19-14/h2-4,12,17H,5-11H2,1H3,(H,18,22). The van der Waals surface area contributed by atoms with Gasteiger partial charge < -0.3 is 10.6 Å². The van der Waals surface area contributed by atoms with Crippen LogP contribution in [0.15, 0.2) is 26.9 Å². The summed E-state index contributed by atoms with van der Waals surface area (Å²) in [6.45, 7) is 3.54. The Morgan fingerprint density at radius 2 is 2.17 bits per heavy atom. The third-order valence-corrected chi connectivity index (χ3v) is 4.98. The number of likely N-dealkylation sites (tertiary alicyclic amines) is 1. The molecule has 1 aromatic rings. The van der Waals surface area contributed by atoms with Crippen molar-refractivity contribution >= 4 is 34.3 Å². The van der Waals surface area contributed by atoms with E-state index < -0.39 is 0 Å². The van der Waals surface area contributed by atoms with Gasteiger partial charge in [0.15, 0.2) is 0 Å². The molecule has 0 radical (unpaired) electrons. The van der Waals surface area contributed by atoms with Crippen LogP contribution in [-0.4, -0.2) is 44.0 Å². The third kappa shape index (κ3) is 4.25. The molecule has 1 saturated heterocycles. The number of hydrogen-bond acceptors (Lipinski definition) is 5. The fourth-order valence-corrected chi connectivity index (χ4v) is 3.63. The number of rotatable bonds is 6. The highest BCUT2D eigenvalue weighted by atomic mass is 32.1. The minimum atomic E-state index is 0.0270. The summed E-state index contributed by atoms with van der Waals surface area (Å²) in [6.07, 6.45) is 3.59. The molecule has 2 heterocycles. The predicted octanol–water partition coefficient (Wildman–Crippen LogP) is 2.67. The first kappa shape index (κ1) is 16.3. The maximum atomic E-state index is 12.3. The summed E-state index contributed by atoms with van der Waals surface area (Å²) in [5, 5.41) is 6.19. The lowest BCUT2D eigenvalue weighted by Gasteiger charge is -2.31. The first-order valence-electron chi connectivity index (χ1n) is 8.14. The first-order valence-corrected chi connectivity index (χ1v) is 8.87. The van der Waals surface area contributed by atoms with E-state index in [9.17, 15) is 4.79 Å². The lowest BCUT2D eigenvalue weighted by molar-refractivity contribution is -0.117. The second-order valence-electron chi connectivity index (χ2n) is 6.10. The van der Waals surface area contributed by atoms with Crippen molar-refractivity contribution in [3.63, 3.8) is 0 Å². The van der Waals surface area contributed by atoms with E-state index in [4.69, 9.17) is 0 Å². The van der Waals surface area contributed by atoms with Crippen LogP contribution in [0.1, 0.15) is 19.3 Å². The zero-order chi connectivity index (χ0) is 16.1. The van der Waals surface area contributed by atoms with Gasteiger partial charge in [0.05, 0.1) is 23.6 Å². The normalized spacial score (nSPS) is 17.8. The number of piperidine rings is 1. The van der Waals surface area contributed by atoms with Gasteiger partial charge in [-0.3, -0.25) is 9.69 Å². The number of benzene rings is 1. The summed E-state index contributed by atoms with van der Waals surface area (Å²) in [4.78, 5) is 14.5. The highest BCUT2D eigenvalue weighted by molar-refractivity contribution is 7.58. The van der Waals surface area contributed by atoms with Gasteiger partial charge in [0.2, 0.25) is 5.91 Å². The number of fused-ring (bicyclic) bond motifs is 1. The van der Waals surface area contributed by atoms with Crippen LogP contribution >= 0.6 is 0 Å². The van der Waals surface area contributed by atoms with Crippen molar-refractivity contribution < 1.29 is 4.79 Å². The van der Waals surface area contributed by atoms with E-state index in [1.54, 1.807) is 0 Å². The van der Waals surface area contributed by atoms with Crippen molar-refractivity contribution in [3.8, 4) is 0 Å². The number of anilines is 1. The second kappa shape index (κ2) is 7.81. The summed E-state index contributed by atoms with van der Waals surface area (Å²) in [5.74, 6) is 0.816. The van der Waals surface area contributed by atoms with Crippen LogP contribution in [0.25, 0.3) is 0 Å². The average molecular weight is 333 g/mol. The number of carbonyl (C=O) groups excluding carboxylic acids is 1. The van der Waals surface area contributed by atoms with Crippen molar-refractivity contribution in [2.45, 2.75) is 19.3 Å². The van der Waals surface area contributed by atoms with Gasteiger partial charge in [-0.2, -0.15) is 8.73 Å². The van der Waals surface area contributed by atoms with Crippen molar-refractivity contribution in [3.05, 3.63) is 18.2 Å². The Morgan fingerprint density at radius 1 is 1.35 bits per heavy atom. The summed E-state index contributed by atoms with van der Waals surface area (Å²) in [6, 6.07) is 5.68. The highest BCUT2D eigenvalue weighted by Gasteiger charge is 2.21. The Labute approximate surface area is 140 Å². The fourth-order valence-electron chi connectivity index (χ4n) is 3.08. The zero-order valence-corrected chi connectivity index (χ0v) is 14.2. The van der Waals surface area contributed by atoms with Gasteiger partial charge in [0, 0.05) is 0 Å². The number of nitrogens with zero attached hydrogens (tertiary/aromatic N) is 3. The van der Waals surface area contributed by atoms with Gasteiger partial charge in [-0.25, -0.2) is 0 Å². The molecule has 2 N–H and O–H groups in total. The maximum Gasteiger partial charge on any atom is 0.238 e. The van der Waals surface area contributed by atoms with Crippen molar-refractivity contribution in [2.75, 3.05) is 38.5 Å². The monoisotopic (exact) mass is 333 g/mol. The van der Waals surface area contributed by atoms with E-state index in [0.29, 0.717) is 6.54 Å². The van der Waals surface area contributed by atoms with E-state index in [0.717, 1.165) is 42.6 Å². The Kier molecular flexibility index (Phi) is 5.53. The quantitative estimate of drug-likeness (QED) is 0.854. The Morgan fingerprint density at radius 3 is 2.96 bits per heavy atom. The van der Waals surface area contributed by atoms with Gasteiger partial charge in [-0.1, -0.05) is 6.07 Å². The second-order valence-corrected chi connectivity index (χ2v) is 6.63. The zero-order valence-electron chi connectivity index (χ0n) is 13.4. The molecule has 2 aliphatic rings. The molecule has 1 aromatic carbocycles. The molecule has 2 aliphatic heterocycles. The van der Waals surface area contributed by atoms with Crippen LogP contribution in [0.3, 0.4) is 0 Å². The largest absolute Gasteiger partial charge is 0.323 e. The van der Waals surface area contributed by atoms with Crippen LogP contribution in [0.5, 0.6) is 0 Å². The molecule has 1 amide bonds. The van der Waals surface area contributed by atoms with Crippen LogP contribution in [0.4, 0.5) is 17.1 Å². The molecule has 0 aliphatic carbocycles. The SMILES string of the molecule is CNCCC1CCN(CC(=O)Nc2cccc3c2N=S=N3)CC1. The molecule has 23 heavy (non-hydrogen) atoms. The van der Waals surface area contributed by atoms with Crippen molar-refractivity contribution in [2.24, 2.45) is 14.6 Å². The molecule has 0 saturated carbocycles. The first-order chi connectivity index (χ1) is 11.3. The number of amides is 1. The Balaban J connectivity index is 1.48. The molecule has 124 valence electrons. The molecule has 3 rings (SSSR count). The summed E-state index contributed by atoms with van der Waals surface area (Å²) < 4.78 is 8.45. The molecule has 0 atom stereocenters. The topological polar surface area (TPSA) is 69.1 Å². The molecule has 7 heteroatoms. The number of nitrogens with one attached hydrogen (secondary N) is 2. The van der Waals surface area contributed by atoms with E-state index in [-0.39, 0.29) is 5.91 Å². The minimum Gasteiger partial charge on any atom is -0.323 e. The average Bonchev–Trinajstić information content (AvgIpc) is 3.04. The molecule has 6 nitrogen and oxygen atoms in total. The molecule has 0 unspecified atom stereocenters. The molecular formula is C16H23N5OS. The lowest BCUT2D eigenvalue weighted by atomic mass is 9.93. The summed E-state index contributed by atoms with van der Waals surface area (Å²) in [5.41, 5.74) is 2.36. The van der Waals surface area contributed by atoms with E-state index in [1.807, 2.05) is 25.2 Å². The number of hydrogen-bond donors (Lipinski definition) is 2. The van der Waals surface area contributed by atoms with E-state index in [1.165, 1.54) is 30.6 Å². The maximum absolute atomic E-state index is 12.3. The summed E-state index contributed by atoms with van der Waals surface area (Å²) in [7, 11) is 2.00. The van der Waals surface area contributed by atoms with Crippen molar-refractivity contribution in [1.29, 1.82) is 0 Å².